The maximum absolute atomic E-state index is 13.1. The van der Waals surface area contributed by atoms with E-state index >= 15 is 0 Å². The Labute approximate surface area is 105 Å². The first-order valence-corrected chi connectivity index (χ1v) is 5.62. The van der Waals surface area contributed by atoms with E-state index in [1.165, 1.54) is 24.5 Å². The fourth-order valence-corrected chi connectivity index (χ4v) is 2.03. The quantitative estimate of drug-likeness (QED) is 0.912. The van der Waals surface area contributed by atoms with Crippen molar-refractivity contribution in [3.8, 4) is 0 Å². The molecule has 0 saturated heterocycles. The van der Waals surface area contributed by atoms with Crippen LogP contribution in [0.5, 0.6) is 0 Å². The van der Waals surface area contributed by atoms with Crippen LogP contribution in [0.15, 0.2) is 39.4 Å². The molecule has 0 aliphatic carbocycles. The van der Waals surface area contributed by atoms with Crippen LogP contribution in [0.4, 0.5) is 4.39 Å². The Kier molecular flexibility index (Phi) is 3.33. The molecule has 1 aromatic carbocycles. The van der Waals surface area contributed by atoms with Gasteiger partial charge in [-0.1, -0.05) is 11.6 Å². The fourth-order valence-electron chi connectivity index (χ4n) is 1.38. The Bertz CT molecular complexity index is 492. The summed E-state index contributed by atoms with van der Waals surface area (Å²) in [5.41, 5.74) is 0.348. The van der Waals surface area contributed by atoms with E-state index in [4.69, 9.17) is 16.0 Å². The van der Waals surface area contributed by atoms with Crippen LogP contribution in [0, 0.1) is 5.82 Å². The number of hydrogen-bond donors (Lipinski definition) is 1. The van der Waals surface area contributed by atoms with Gasteiger partial charge in [0.15, 0.2) is 5.76 Å². The highest BCUT2D eigenvalue weighted by Gasteiger charge is 2.18. The zero-order chi connectivity index (χ0) is 11.7. The molecular formula is C11H7BrClFO2. The van der Waals surface area contributed by atoms with E-state index in [2.05, 4.69) is 15.9 Å². The van der Waals surface area contributed by atoms with Gasteiger partial charge in [0.05, 0.1) is 10.7 Å². The maximum Gasteiger partial charge on any atom is 0.150 e. The van der Waals surface area contributed by atoms with Crippen molar-refractivity contribution in [2.24, 2.45) is 0 Å². The summed E-state index contributed by atoms with van der Waals surface area (Å²) in [4.78, 5) is 0. The van der Waals surface area contributed by atoms with Crippen molar-refractivity contribution < 1.29 is 13.9 Å². The number of aliphatic hydroxyl groups is 1. The molecule has 1 atom stereocenters. The third kappa shape index (κ3) is 2.29. The van der Waals surface area contributed by atoms with Gasteiger partial charge in [0.1, 0.15) is 11.9 Å². The molecule has 2 aromatic rings. The number of benzene rings is 1. The third-order valence-electron chi connectivity index (χ3n) is 2.09. The zero-order valence-corrected chi connectivity index (χ0v) is 10.3. The summed E-state index contributed by atoms with van der Waals surface area (Å²) in [6.45, 7) is 0. The average Bonchev–Trinajstić information content (AvgIpc) is 2.62. The normalized spacial score (nSPS) is 12.8. The standard InChI is InChI=1S/C11H7BrClFO2/c12-9-1-2-16-11(9)10(15)6-3-7(13)5-8(14)4-6/h1-5,10,15H. The monoisotopic (exact) mass is 304 g/mol. The van der Waals surface area contributed by atoms with Gasteiger partial charge in [0.25, 0.3) is 0 Å². The Hall–Kier alpha value is -0.840. The first kappa shape index (κ1) is 11.6. The van der Waals surface area contributed by atoms with Crippen molar-refractivity contribution in [2.45, 2.75) is 6.10 Å². The van der Waals surface area contributed by atoms with Gasteiger partial charge in [0, 0.05) is 5.02 Å². The topological polar surface area (TPSA) is 33.4 Å². The van der Waals surface area contributed by atoms with Crippen LogP contribution in [0.2, 0.25) is 5.02 Å². The van der Waals surface area contributed by atoms with Gasteiger partial charge in [-0.05, 0) is 45.8 Å². The molecule has 1 aromatic heterocycles. The van der Waals surface area contributed by atoms with Crippen molar-refractivity contribution >= 4 is 27.5 Å². The lowest BCUT2D eigenvalue weighted by Crippen LogP contribution is -1.99. The summed E-state index contributed by atoms with van der Waals surface area (Å²) in [5, 5.41) is 10.2. The molecule has 5 heteroatoms. The lowest BCUT2D eigenvalue weighted by atomic mass is 10.1. The molecule has 1 heterocycles. The van der Waals surface area contributed by atoms with Gasteiger partial charge in [-0.25, -0.2) is 4.39 Å². The van der Waals surface area contributed by atoms with E-state index < -0.39 is 11.9 Å². The second-order valence-corrected chi connectivity index (χ2v) is 4.53. The molecule has 0 aliphatic heterocycles. The third-order valence-corrected chi connectivity index (χ3v) is 2.97. The zero-order valence-electron chi connectivity index (χ0n) is 7.95. The summed E-state index contributed by atoms with van der Waals surface area (Å²) < 4.78 is 18.8. The second kappa shape index (κ2) is 4.57. The maximum atomic E-state index is 13.1. The largest absolute Gasteiger partial charge is 0.465 e. The SMILES string of the molecule is OC(c1cc(F)cc(Cl)c1)c1occc1Br. The van der Waals surface area contributed by atoms with Crippen molar-refractivity contribution in [1.29, 1.82) is 0 Å². The Morgan fingerprint density at radius 3 is 2.69 bits per heavy atom. The van der Waals surface area contributed by atoms with Crippen molar-refractivity contribution in [3.05, 3.63) is 57.2 Å². The van der Waals surface area contributed by atoms with Crippen LogP contribution in [0.25, 0.3) is 0 Å². The smallest absolute Gasteiger partial charge is 0.150 e. The first-order valence-electron chi connectivity index (χ1n) is 4.45. The molecule has 0 spiro atoms. The van der Waals surface area contributed by atoms with Crippen molar-refractivity contribution in [2.75, 3.05) is 0 Å². The van der Waals surface area contributed by atoms with Gasteiger partial charge in [0.2, 0.25) is 0 Å². The van der Waals surface area contributed by atoms with E-state index in [1.807, 2.05) is 0 Å². The number of furan rings is 1. The Morgan fingerprint density at radius 2 is 2.12 bits per heavy atom. The molecule has 2 rings (SSSR count). The van der Waals surface area contributed by atoms with E-state index in [9.17, 15) is 9.50 Å². The van der Waals surface area contributed by atoms with Crippen molar-refractivity contribution in [1.82, 2.24) is 0 Å². The molecule has 0 amide bonds. The fraction of sp³-hybridized carbons (Fsp3) is 0.0909. The molecule has 0 aliphatic rings. The van der Waals surface area contributed by atoms with E-state index in [-0.39, 0.29) is 5.02 Å². The van der Waals surface area contributed by atoms with Crippen LogP contribution in [-0.4, -0.2) is 5.11 Å². The van der Waals surface area contributed by atoms with E-state index in [1.54, 1.807) is 6.07 Å². The number of hydrogen-bond acceptors (Lipinski definition) is 2. The minimum atomic E-state index is -1.04. The number of aliphatic hydroxyl groups excluding tert-OH is 1. The molecule has 0 fully saturated rings. The molecule has 0 bridgehead atoms. The van der Waals surface area contributed by atoms with Gasteiger partial charge < -0.3 is 9.52 Å². The predicted octanol–water partition coefficient (Wildman–Crippen LogP) is 3.92. The first-order chi connectivity index (χ1) is 7.58. The minimum Gasteiger partial charge on any atom is -0.465 e. The number of halogens is 3. The Morgan fingerprint density at radius 1 is 1.38 bits per heavy atom. The molecule has 84 valence electrons. The van der Waals surface area contributed by atoms with Gasteiger partial charge in [-0.15, -0.1) is 0 Å². The molecular weight excluding hydrogens is 298 g/mol. The molecule has 16 heavy (non-hydrogen) atoms. The van der Waals surface area contributed by atoms with Gasteiger partial charge >= 0.3 is 0 Å². The van der Waals surface area contributed by atoms with E-state index in [0.717, 1.165) is 0 Å². The highest BCUT2D eigenvalue weighted by atomic mass is 79.9. The summed E-state index contributed by atoms with van der Waals surface area (Å²) in [5.74, 6) is -0.175. The van der Waals surface area contributed by atoms with Crippen LogP contribution in [0.3, 0.4) is 0 Å². The van der Waals surface area contributed by atoms with Crippen LogP contribution < -0.4 is 0 Å². The lowest BCUT2D eigenvalue weighted by molar-refractivity contribution is 0.188. The molecule has 2 nitrogen and oxygen atoms in total. The lowest BCUT2D eigenvalue weighted by Gasteiger charge is -2.09. The summed E-state index contributed by atoms with van der Waals surface area (Å²) in [6.07, 6.45) is 0.390. The predicted molar refractivity (Wildman–Crippen MR) is 61.9 cm³/mol. The van der Waals surface area contributed by atoms with Gasteiger partial charge in [-0.3, -0.25) is 0 Å². The summed E-state index contributed by atoms with van der Waals surface area (Å²) in [7, 11) is 0. The average molecular weight is 306 g/mol. The highest BCUT2D eigenvalue weighted by molar-refractivity contribution is 9.10. The molecule has 1 unspecified atom stereocenters. The van der Waals surface area contributed by atoms with Crippen molar-refractivity contribution in [3.63, 3.8) is 0 Å². The van der Waals surface area contributed by atoms with Crippen LogP contribution >= 0.6 is 27.5 Å². The van der Waals surface area contributed by atoms with Gasteiger partial charge in [-0.2, -0.15) is 0 Å². The molecule has 1 N–H and O–H groups in total. The number of rotatable bonds is 2. The van der Waals surface area contributed by atoms with Crippen LogP contribution in [-0.2, 0) is 0 Å². The second-order valence-electron chi connectivity index (χ2n) is 3.24. The summed E-state index contributed by atoms with van der Waals surface area (Å²) in [6, 6.07) is 5.53. The minimum absolute atomic E-state index is 0.233. The molecule has 0 saturated carbocycles. The Balaban J connectivity index is 2.41. The molecule has 0 radical (unpaired) electrons. The highest BCUT2D eigenvalue weighted by Crippen LogP contribution is 2.30. The van der Waals surface area contributed by atoms with E-state index in [0.29, 0.717) is 15.8 Å². The summed E-state index contributed by atoms with van der Waals surface area (Å²) >= 11 is 8.92. The van der Waals surface area contributed by atoms with Crippen LogP contribution in [0.1, 0.15) is 17.4 Å².